The molecule has 4 rings (SSSR count). The SMILES string of the molecule is CC(C)c1ccccc1OCCCCn1c(C(C)NC(=O)C2CCCCC2)nc2ccccc21. The number of ether oxygens (including phenoxy) is 1. The summed E-state index contributed by atoms with van der Waals surface area (Å²) < 4.78 is 8.40. The van der Waals surface area contributed by atoms with E-state index in [1.54, 1.807) is 0 Å². The summed E-state index contributed by atoms with van der Waals surface area (Å²) in [5, 5.41) is 3.26. The van der Waals surface area contributed by atoms with Crippen LogP contribution in [0.4, 0.5) is 0 Å². The first-order valence-electron chi connectivity index (χ1n) is 13.0. The topological polar surface area (TPSA) is 56.1 Å². The molecule has 5 nitrogen and oxygen atoms in total. The van der Waals surface area contributed by atoms with Gasteiger partial charge in [-0.1, -0.05) is 63.4 Å². The van der Waals surface area contributed by atoms with E-state index in [2.05, 4.69) is 67.1 Å². The molecular formula is C29H39N3O2. The van der Waals surface area contributed by atoms with Crippen molar-refractivity contribution in [3.63, 3.8) is 0 Å². The molecule has 1 aliphatic carbocycles. The first-order chi connectivity index (χ1) is 16.5. The Morgan fingerprint density at radius 1 is 1.03 bits per heavy atom. The Morgan fingerprint density at radius 3 is 2.56 bits per heavy atom. The lowest BCUT2D eigenvalue weighted by atomic mass is 9.88. The van der Waals surface area contributed by atoms with Crippen LogP contribution in [-0.2, 0) is 11.3 Å². The Kier molecular flexibility index (Phi) is 8.25. The van der Waals surface area contributed by atoms with Crippen molar-refractivity contribution in [3.8, 4) is 5.75 Å². The molecule has 2 aromatic carbocycles. The van der Waals surface area contributed by atoms with Gasteiger partial charge in [0.2, 0.25) is 5.91 Å². The average Bonchev–Trinajstić information content (AvgIpc) is 3.23. The van der Waals surface area contributed by atoms with Crippen molar-refractivity contribution in [2.75, 3.05) is 6.61 Å². The number of amides is 1. The fourth-order valence-corrected chi connectivity index (χ4v) is 5.06. The van der Waals surface area contributed by atoms with Crippen molar-refractivity contribution < 1.29 is 9.53 Å². The fraction of sp³-hybridized carbons (Fsp3) is 0.517. The predicted octanol–water partition coefficient (Wildman–Crippen LogP) is 6.78. The second-order valence-electron chi connectivity index (χ2n) is 9.92. The van der Waals surface area contributed by atoms with Crippen molar-refractivity contribution in [2.45, 2.75) is 84.2 Å². The van der Waals surface area contributed by atoms with Gasteiger partial charge in [-0.05, 0) is 62.3 Å². The van der Waals surface area contributed by atoms with Crippen LogP contribution in [0.2, 0.25) is 0 Å². The number of unbranched alkanes of at least 4 members (excludes halogenated alkanes) is 1. The Hall–Kier alpha value is -2.82. The lowest BCUT2D eigenvalue weighted by Crippen LogP contribution is -2.35. The van der Waals surface area contributed by atoms with Gasteiger partial charge in [0, 0.05) is 12.5 Å². The van der Waals surface area contributed by atoms with Gasteiger partial charge in [-0.15, -0.1) is 0 Å². The maximum Gasteiger partial charge on any atom is 0.223 e. The highest BCUT2D eigenvalue weighted by molar-refractivity contribution is 5.80. The van der Waals surface area contributed by atoms with Crippen molar-refractivity contribution in [1.29, 1.82) is 0 Å². The number of rotatable bonds is 10. The molecule has 5 heteroatoms. The number of hydrogen-bond acceptors (Lipinski definition) is 3. The van der Waals surface area contributed by atoms with Gasteiger partial charge in [-0.2, -0.15) is 0 Å². The van der Waals surface area contributed by atoms with Gasteiger partial charge < -0.3 is 14.6 Å². The maximum absolute atomic E-state index is 12.9. The zero-order chi connectivity index (χ0) is 23.9. The molecule has 182 valence electrons. The zero-order valence-electron chi connectivity index (χ0n) is 20.9. The van der Waals surface area contributed by atoms with Gasteiger partial charge in [-0.3, -0.25) is 4.79 Å². The van der Waals surface area contributed by atoms with Crippen LogP contribution in [0.15, 0.2) is 48.5 Å². The molecule has 0 spiro atoms. The number of carbonyl (C=O) groups is 1. The zero-order valence-corrected chi connectivity index (χ0v) is 20.9. The van der Waals surface area contributed by atoms with Crippen LogP contribution in [0.5, 0.6) is 5.75 Å². The molecule has 3 aromatic rings. The first kappa shape index (κ1) is 24.3. The Labute approximate surface area is 203 Å². The monoisotopic (exact) mass is 461 g/mol. The van der Waals surface area contributed by atoms with Gasteiger partial charge in [0.15, 0.2) is 0 Å². The summed E-state index contributed by atoms with van der Waals surface area (Å²) in [5.74, 6) is 2.71. The van der Waals surface area contributed by atoms with Gasteiger partial charge in [0.1, 0.15) is 11.6 Å². The average molecular weight is 462 g/mol. The minimum Gasteiger partial charge on any atom is -0.493 e. The van der Waals surface area contributed by atoms with E-state index in [9.17, 15) is 4.79 Å². The highest BCUT2D eigenvalue weighted by atomic mass is 16.5. The van der Waals surface area contributed by atoms with E-state index in [1.165, 1.54) is 12.0 Å². The largest absolute Gasteiger partial charge is 0.493 e. The molecule has 1 atom stereocenters. The molecule has 0 saturated heterocycles. The number of hydrogen-bond donors (Lipinski definition) is 1. The van der Waals surface area contributed by atoms with Crippen LogP contribution >= 0.6 is 0 Å². The number of nitrogens with one attached hydrogen (secondary N) is 1. The summed E-state index contributed by atoms with van der Waals surface area (Å²) >= 11 is 0. The number of aromatic nitrogens is 2. The minimum absolute atomic E-state index is 0.115. The van der Waals surface area contributed by atoms with Crippen LogP contribution in [0.25, 0.3) is 11.0 Å². The first-order valence-corrected chi connectivity index (χ1v) is 13.0. The van der Waals surface area contributed by atoms with E-state index in [4.69, 9.17) is 9.72 Å². The number of fused-ring (bicyclic) bond motifs is 1. The molecule has 1 aromatic heterocycles. The van der Waals surface area contributed by atoms with Crippen LogP contribution in [0, 0.1) is 5.92 Å². The van der Waals surface area contributed by atoms with Crippen LogP contribution in [-0.4, -0.2) is 22.1 Å². The number of imidazole rings is 1. The predicted molar refractivity (Wildman–Crippen MR) is 138 cm³/mol. The molecule has 34 heavy (non-hydrogen) atoms. The maximum atomic E-state index is 12.9. The van der Waals surface area contributed by atoms with Gasteiger partial charge in [0.25, 0.3) is 0 Å². The fourth-order valence-electron chi connectivity index (χ4n) is 5.06. The van der Waals surface area contributed by atoms with E-state index in [0.29, 0.717) is 12.5 Å². The second kappa shape index (κ2) is 11.5. The third-order valence-electron chi connectivity index (χ3n) is 6.98. The van der Waals surface area contributed by atoms with E-state index in [-0.39, 0.29) is 17.9 Å². The van der Waals surface area contributed by atoms with E-state index in [0.717, 1.165) is 67.7 Å². The van der Waals surface area contributed by atoms with Crippen LogP contribution < -0.4 is 10.1 Å². The number of nitrogens with zero attached hydrogens (tertiary/aromatic N) is 2. The minimum atomic E-state index is -0.115. The molecule has 0 radical (unpaired) electrons. The standard InChI is InChI=1S/C29H39N3O2/c1-21(2)24-15-7-10-18-27(24)34-20-12-11-19-32-26-17-9-8-16-25(26)31-28(32)22(3)30-29(33)23-13-5-4-6-14-23/h7-10,15-18,21-23H,4-6,11-14,19-20H2,1-3H3,(H,30,33). The second-order valence-corrected chi connectivity index (χ2v) is 9.92. The summed E-state index contributed by atoms with van der Waals surface area (Å²) in [4.78, 5) is 17.8. The van der Waals surface area contributed by atoms with E-state index in [1.807, 2.05) is 12.1 Å². The van der Waals surface area contributed by atoms with Crippen molar-refractivity contribution >= 4 is 16.9 Å². The summed E-state index contributed by atoms with van der Waals surface area (Å²) in [6.45, 7) is 8.00. The Balaban J connectivity index is 1.39. The van der Waals surface area contributed by atoms with Gasteiger partial charge in [0.05, 0.1) is 23.7 Å². The molecule has 1 heterocycles. The molecule has 1 saturated carbocycles. The number of aryl methyl sites for hydroxylation is 1. The smallest absolute Gasteiger partial charge is 0.223 e. The molecule has 1 amide bonds. The summed E-state index contributed by atoms with van der Waals surface area (Å²) in [6, 6.07) is 16.5. The van der Waals surface area contributed by atoms with Crippen molar-refractivity contribution in [3.05, 3.63) is 59.9 Å². The molecular weight excluding hydrogens is 422 g/mol. The molecule has 1 aliphatic rings. The summed E-state index contributed by atoms with van der Waals surface area (Å²) in [5.41, 5.74) is 3.37. The Morgan fingerprint density at radius 2 is 1.76 bits per heavy atom. The molecule has 0 bridgehead atoms. The third-order valence-corrected chi connectivity index (χ3v) is 6.98. The molecule has 0 aliphatic heterocycles. The lowest BCUT2D eigenvalue weighted by molar-refractivity contribution is -0.126. The van der Waals surface area contributed by atoms with E-state index < -0.39 is 0 Å². The number of benzene rings is 2. The van der Waals surface area contributed by atoms with Crippen molar-refractivity contribution in [2.24, 2.45) is 5.92 Å². The van der Waals surface area contributed by atoms with Crippen LogP contribution in [0.3, 0.4) is 0 Å². The normalized spacial score (nSPS) is 15.5. The summed E-state index contributed by atoms with van der Waals surface area (Å²) in [7, 11) is 0. The summed E-state index contributed by atoms with van der Waals surface area (Å²) in [6.07, 6.45) is 7.54. The molecule has 1 unspecified atom stereocenters. The van der Waals surface area contributed by atoms with Gasteiger partial charge >= 0.3 is 0 Å². The van der Waals surface area contributed by atoms with Crippen LogP contribution in [0.1, 0.15) is 89.1 Å². The van der Waals surface area contributed by atoms with Crippen molar-refractivity contribution in [1.82, 2.24) is 14.9 Å². The highest BCUT2D eigenvalue weighted by Crippen LogP contribution is 2.27. The highest BCUT2D eigenvalue weighted by Gasteiger charge is 2.24. The number of carbonyl (C=O) groups excluding carboxylic acids is 1. The van der Waals surface area contributed by atoms with Gasteiger partial charge in [-0.25, -0.2) is 4.98 Å². The Bertz CT molecular complexity index is 1080. The third kappa shape index (κ3) is 5.81. The lowest BCUT2D eigenvalue weighted by Gasteiger charge is -2.23. The molecule has 1 N–H and O–H groups in total. The molecule has 1 fully saturated rings. The van der Waals surface area contributed by atoms with E-state index >= 15 is 0 Å². The number of para-hydroxylation sites is 3. The quantitative estimate of drug-likeness (QED) is 0.339.